The summed E-state index contributed by atoms with van der Waals surface area (Å²) in [7, 11) is 0. The number of hydrogen-bond donors (Lipinski definition) is 2. The van der Waals surface area contributed by atoms with Gasteiger partial charge < -0.3 is 11.1 Å². The van der Waals surface area contributed by atoms with Crippen LogP contribution in [0.2, 0.25) is 0 Å². The van der Waals surface area contributed by atoms with Crippen LogP contribution in [0.4, 0.5) is 10.1 Å². The number of benzene rings is 1. The van der Waals surface area contributed by atoms with E-state index < -0.39 is 11.7 Å². The van der Waals surface area contributed by atoms with Crippen molar-refractivity contribution in [3.8, 4) is 0 Å². The van der Waals surface area contributed by atoms with Crippen LogP contribution in [0, 0.1) is 5.82 Å². The first kappa shape index (κ1) is 14.5. The quantitative estimate of drug-likeness (QED) is 0.832. The highest BCUT2D eigenvalue weighted by Gasteiger charge is 2.14. The van der Waals surface area contributed by atoms with Gasteiger partial charge in [0.25, 0.3) is 5.91 Å². The number of aromatic nitrogens is 1. The summed E-state index contributed by atoms with van der Waals surface area (Å²) in [5, 5.41) is 2.59. The lowest BCUT2D eigenvalue weighted by Crippen LogP contribution is -2.18. The molecule has 0 unspecified atom stereocenters. The Morgan fingerprint density at radius 2 is 2.10 bits per heavy atom. The maximum Gasteiger partial charge on any atom is 0.258 e. The van der Waals surface area contributed by atoms with Gasteiger partial charge in [0.1, 0.15) is 4.99 Å². The highest BCUT2D eigenvalue weighted by atomic mass is 79.9. The molecule has 20 heavy (non-hydrogen) atoms. The maximum atomic E-state index is 13.5. The monoisotopic (exact) mass is 353 g/mol. The van der Waals surface area contributed by atoms with Gasteiger partial charge in [-0.1, -0.05) is 28.1 Å². The van der Waals surface area contributed by atoms with E-state index in [0.29, 0.717) is 11.3 Å². The summed E-state index contributed by atoms with van der Waals surface area (Å²) in [6.07, 6.45) is 2.32. The number of carbonyl (C=O) groups is 1. The van der Waals surface area contributed by atoms with E-state index in [9.17, 15) is 9.18 Å². The molecule has 0 saturated heterocycles. The zero-order valence-corrected chi connectivity index (χ0v) is 12.5. The van der Waals surface area contributed by atoms with Crippen LogP contribution >= 0.6 is 28.1 Å². The predicted molar refractivity (Wildman–Crippen MR) is 82.2 cm³/mol. The van der Waals surface area contributed by atoms with Gasteiger partial charge in [0.2, 0.25) is 0 Å². The van der Waals surface area contributed by atoms with Crippen LogP contribution in [0.15, 0.2) is 41.1 Å². The number of hydrogen-bond acceptors (Lipinski definition) is 3. The lowest BCUT2D eigenvalue weighted by molar-refractivity contribution is 0.102. The summed E-state index contributed by atoms with van der Waals surface area (Å²) in [5.74, 6) is -1.29. The number of carbonyl (C=O) groups excluding carboxylic acids is 1. The molecular formula is C13H9BrFN3OS. The van der Waals surface area contributed by atoms with Crippen LogP contribution in [-0.4, -0.2) is 15.9 Å². The molecule has 0 radical (unpaired) electrons. The number of anilines is 1. The smallest absolute Gasteiger partial charge is 0.258 e. The van der Waals surface area contributed by atoms with Gasteiger partial charge in [-0.3, -0.25) is 9.78 Å². The molecule has 0 aliphatic rings. The summed E-state index contributed by atoms with van der Waals surface area (Å²) in [4.78, 5) is 15.8. The first-order valence-corrected chi connectivity index (χ1v) is 6.69. The molecule has 0 saturated carbocycles. The van der Waals surface area contributed by atoms with E-state index in [4.69, 9.17) is 18.0 Å². The Bertz CT molecular complexity index is 693. The minimum atomic E-state index is -0.697. The minimum absolute atomic E-state index is 0.103. The van der Waals surface area contributed by atoms with Crippen LogP contribution in [0.5, 0.6) is 0 Å². The molecule has 0 aliphatic carbocycles. The van der Waals surface area contributed by atoms with E-state index in [-0.39, 0.29) is 10.6 Å². The fraction of sp³-hybridized carbons (Fsp3) is 0. The van der Waals surface area contributed by atoms with Crippen molar-refractivity contribution in [1.82, 2.24) is 4.98 Å². The highest BCUT2D eigenvalue weighted by Crippen LogP contribution is 2.22. The van der Waals surface area contributed by atoms with Gasteiger partial charge in [0.15, 0.2) is 5.82 Å². The Kier molecular flexibility index (Phi) is 4.41. The third kappa shape index (κ3) is 3.17. The van der Waals surface area contributed by atoms with Crippen molar-refractivity contribution in [3.05, 3.63) is 58.1 Å². The molecule has 0 spiro atoms. The third-order valence-electron chi connectivity index (χ3n) is 2.51. The molecule has 1 amide bonds. The van der Waals surface area contributed by atoms with Crippen LogP contribution in [0.25, 0.3) is 0 Å². The number of thiocarbonyl (C=S) groups is 1. The standard InChI is InChI=1S/C13H9BrFN3OS/c14-7-1-2-9(12(16)20)11(5-7)18-13(19)8-3-4-17-6-10(8)15/h1-6H,(H2,16,20)(H,18,19). The zero-order valence-electron chi connectivity index (χ0n) is 10.1. The van der Waals surface area contributed by atoms with Crippen molar-refractivity contribution in [2.45, 2.75) is 0 Å². The number of rotatable bonds is 3. The molecule has 2 rings (SSSR count). The number of nitrogens with two attached hydrogens (primary N) is 1. The third-order valence-corrected chi connectivity index (χ3v) is 3.23. The van der Waals surface area contributed by atoms with E-state index in [1.165, 1.54) is 12.3 Å². The van der Waals surface area contributed by atoms with Crippen LogP contribution < -0.4 is 11.1 Å². The molecule has 0 fully saturated rings. The number of nitrogens with one attached hydrogen (secondary N) is 1. The van der Waals surface area contributed by atoms with Gasteiger partial charge in [0, 0.05) is 16.2 Å². The second kappa shape index (κ2) is 6.06. The Morgan fingerprint density at radius 3 is 2.75 bits per heavy atom. The Hall–Kier alpha value is -1.86. The number of nitrogens with zero attached hydrogens (tertiary/aromatic N) is 1. The van der Waals surface area contributed by atoms with Crippen LogP contribution in [0.3, 0.4) is 0 Å². The molecule has 4 nitrogen and oxygen atoms in total. The zero-order chi connectivity index (χ0) is 14.7. The van der Waals surface area contributed by atoms with Gasteiger partial charge in [-0.25, -0.2) is 4.39 Å². The Labute approximate surface area is 128 Å². The largest absolute Gasteiger partial charge is 0.389 e. The van der Waals surface area contributed by atoms with Crippen molar-refractivity contribution in [1.29, 1.82) is 0 Å². The average molecular weight is 354 g/mol. The van der Waals surface area contributed by atoms with E-state index in [2.05, 4.69) is 26.2 Å². The van der Waals surface area contributed by atoms with Gasteiger partial charge in [0.05, 0.1) is 17.4 Å². The summed E-state index contributed by atoms with van der Waals surface area (Å²) in [6, 6.07) is 6.36. The van der Waals surface area contributed by atoms with Crippen molar-refractivity contribution in [2.24, 2.45) is 5.73 Å². The summed E-state index contributed by atoms with van der Waals surface area (Å²) >= 11 is 8.20. The SMILES string of the molecule is NC(=S)c1ccc(Br)cc1NC(=O)c1ccncc1F. The topological polar surface area (TPSA) is 68.0 Å². The van der Waals surface area contributed by atoms with Crippen molar-refractivity contribution in [2.75, 3.05) is 5.32 Å². The first-order valence-electron chi connectivity index (χ1n) is 5.49. The van der Waals surface area contributed by atoms with Crippen molar-refractivity contribution < 1.29 is 9.18 Å². The molecule has 7 heteroatoms. The van der Waals surface area contributed by atoms with Gasteiger partial charge >= 0.3 is 0 Å². The lowest BCUT2D eigenvalue weighted by Gasteiger charge is -2.11. The molecular weight excluding hydrogens is 345 g/mol. The van der Waals surface area contributed by atoms with Crippen molar-refractivity contribution >= 4 is 44.7 Å². The fourth-order valence-corrected chi connectivity index (χ4v) is 2.12. The predicted octanol–water partition coefficient (Wildman–Crippen LogP) is 2.87. The highest BCUT2D eigenvalue weighted by molar-refractivity contribution is 9.10. The second-order valence-corrected chi connectivity index (χ2v) is 5.22. The molecule has 1 heterocycles. The normalized spacial score (nSPS) is 10.1. The second-order valence-electron chi connectivity index (χ2n) is 3.86. The van der Waals surface area contributed by atoms with E-state index in [1.54, 1.807) is 18.2 Å². The number of halogens is 2. The fourth-order valence-electron chi connectivity index (χ4n) is 1.58. The van der Waals surface area contributed by atoms with E-state index in [0.717, 1.165) is 10.7 Å². The number of pyridine rings is 1. The molecule has 1 aromatic heterocycles. The van der Waals surface area contributed by atoms with Gasteiger partial charge in [-0.2, -0.15) is 0 Å². The molecule has 2 aromatic rings. The molecule has 3 N–H and O–H groups in total. The summed E-state index contributed by atoms with van der Waals surface area (Å²) < 4.78 is 14.2. The summed E-state index contributed by atoms with van der Waals surface area (Å²) in [5.41, 5.74) is 6.40. The molecule has 1 aromatic carbocycles. The molecule has 0 atom stereocenters. The van der Waals surface area contributed by atoms with Crippen molar-refractivity contribution in [3.63, 3.8) is 0 Å². The molecule has 0 aliphatic heterocycles. The van der Waals surface area contributed by atoms with Crippen LogP contribution in [-0.2, 0) is 0 Å². The number of amides is 1. The maximum absolute atomic E-state index is 13.5. The van der Waals surface area contributed by atoms with Gasteiger partial charge in [-0.15, -0.1) is 0 Å². The molecule has 102 valence electrons. The summed E-state index contributed by atoms with van der Waals surface area (Å²) in [6.45, 7) is 0. The average Bonchev–Trinajstić information content (AvgIpc) is 2.38. The minimum Gasteiger partial charge on any atom is -0.389 e. The Morgan fingerprint density at radius 1 is 1.35 bits per heavy atom. The lowest BCUT2D eigenvalue weighted by atomic mass is 10.1. The Balaban J connectivity index is 2.35. The van der Waals surface area contributed by atoms with E-state index >= 15 is 0 Å². The van der Waals surface area contributed by atoms with Gasteiger partial charge in [-0.05, 0) is 24.3 Å². The first-order chi connectivity index (χ1) is 9.49. The van der Waals surface area contributed by atoms with E-state index in [1.807, 2.05) is 0 Å². The molecule has 0 bridgehead atoms. The van der Waals surface area contributed by atoms with Crippen LogP contribution in [0.1, 0.15) is 15.9 Å².